The zero-order valence-corrected chi connectivity index (χ0v) is 16.9. The number of rotatable bonds is 6. The van der Waals surface area contributed by atoms with Gasteiger partial charge in [0.05, 0.1) is 29.8 Å². The molecule has 154 valence electrons. The van der Waals surface area contributed by atoms with Crippen molar-refractivity contribution in [3.05, 3.63) is 63.7 Å². The Hall–Kier alpha value is -2.93. The van der Waals surface area contributed by atoms with Crippen molar-refractivity contribution in [2.45, 2.75) is 38.6 Å². The molecule has 1 atom stereocenters. The molecule has 0 spiro atoms. The highest BCUT2D eigenvalue weighted by atomic mass is 16.6. The van der Waals surface area contributed by atoms with E-state index in [1.807, 2.05) is 12.1 Å². The topological polar surface area (TPSA) is 84.7 Å². The van der Waals surface area contributed by atoms with E-state index in [1.54, 1.807) is 26.2 Å². The van der Waals surface area contributed by atoms with Gasteiger partial charge in [0.15, 0.2) is 0 Å². The molecular weight excluding hydrogens is 370 g/mol. The molecule has 0 saturated carbocycles. The van der Waals surface area contributed by atoms with Crippen LogP contribution in [0.2, 0.25) is 0 Å². The SMILES string of the molecule is COc1ccc(C2CCCCCN2CC(=O)Nc2cccc([N+](=O)[O-])c2C)cc1. The summed E-state index contributed by atoms with van der Waals surface area (Å²) >= 11 is 0. The third kappa shape index (κ3) is 5.12. The van der Waals surface area contributed by atoms with E-state index < -0.39 is 4.92 Å². The summed E-state index contributed by atoms with van der Waals surface area (Å²) in [5.74, 6) is 0.654. The van der Waals surface area contributed by atoms with Crippen LogP contribution in [0.25, 0.3) is 0 Å². The van der Waals surface area contributed by atoms with Crippen molar-refractivity contribution in [2.24, 2.45) is 0 Å². The Labute approximate surface area is 170 Å². The van der Waals surface area contributed by atoms with Gasteiger partial charge in [-0.1, -0.05) is 31.0 Å². The minimum Gasteiger partial charge on any atom is -0.497 e. The molecule has 0 radical (unpaired) electrons. The molecule has 1 aliphatic heterocycles. The number of amides is 1. The minimum absolute atomic E-state index is 0.00804. The van der Waals surface area contributed by atoms with Crippen LogP contribution in [0, 0.1) is 17.0 Å². The lowest BCUT2D eigenvalue weighted by Crippen LogP contribution is -2.36. The summed E-state index contributed by atoms with van der Waals surface area (Å²) in [6.07, 6.45) is 4.32. The summed E-state index contributed by atoms with van der Waals surface area (Å²) in [4.78, 5) is 25.7. The van der Waals surface area contributed by atoms with Gasteiger partial charge in [-0.05, 0) is 50.1 Å². The minimum atomic E-state index is -0.431. The Bertz CT molecular complexity index is 867. The van der Waals surface area contributed by atoms with Crippen molar-refractivity contribution >= 4 is 17.3 Å². The molecule has 1 heterocycles. The normalized spacial score (nSPS) is 17.4. The molecule has 2 aromatic carbocycles. The average molecular weight is 397 g/mol. The molecule has 1 N–H and O–H groups in total. The summed E-state index contributed by atoms with van der Waals surface area (Å²) in [5.41, 5.74) is 2.13. The second-order valence-electron chi connectivity index (χ2n) is 7.36. The van der Waals surface area contributed by atoms with Crippen molar-refractivity contribution in [1.82, 2.24) is 4.90 Å². The van der Waals surface area contributed by atoms with Crippen molar-refractivity contribution in [3.8, 4) is 5.75 Å². The number of benzene rings is 2. The average Bonchev–Trinajstić information content (AvgIpc) is 2.95. The first-order valence-corrected chi connectivity index (χ1v) is 9.91. The third-order valence-electron chi connectivity index (χ3n) is 5.49. The van der Waals surface area contributed by atoms with E-state index >= 15 is 0 Å². The lowest BCUT2D eigenvalue weighted by Gasteiger charge is -2.30. The molecule has 0 aliphatic carbocycles. The molecule has 0 aromatic heterocycles. The Morgan fingerprint density at radius 3 is 2.66 bits per heavy atom. The monoisotopic (exact) mass is 397 g/mol. The zero-order chi connectivity index (χ0) is 20.8. The van der Waals surface area contributed by atoms with Crippen LogP contribution >= 0.6 is 0 Å². The fraction of sp³-hybridized carbons (Fsp3) is 0.409. The number of carbonyl (C=O) groups excluding carboxylic acids is 1. The maximum atomic E-state index is 12.8. The van der Waals surface area contributed by atoms with Crippen LogP contribution in [-0.4, -0.2) is 35.9 Å². The van der Waals surface area contributed by atoms with Crippen LogP contribution < -0.4 is 10.1 Å². The molecule has 1 saturated heterocycles. The number of ether oxygens (including phenoxy) is 1. The van der Waals surface area contributed by atoms with Gasteiger partial charge in [0.2, 0.25) is 5.91 Å². The number of nitro groups is 1. The predicted molar refractivity (Wildman–Crippen MR) is 112 cm³/mol. The number of nitrogens with one attached hydrogen (secondary N) is 1. The van der Waals surface area contributed by atoms with Gasteiger partial charge in [0.1, 0.15) is 5.75 Å². The summed E-state index contributed by atoms with van der Waals surface area (Å²) < 4.78 is 5.25. The first-order valence-electron chi connectivity index (χ1n) is 9.91. The summed E-state index contributed by atoms with van der Waals surface area (Å²) in [6.45, 7) is 2.75. The van der Waals surface area contributed by atoms with Crippen molar-refractivity contribution < 1.29 is 14.5 Å². The van der Waals surface area contributed by atoms with E-state index in [-0.39, 0.29) is 24.2 Å². The fourth-order valence-corrected chi connectivity index (χ4v) is 3.89. The fourth-order valence-electron chi connectivity index (χ4n) is 3.89. The van der Waals surface area contributed by atoms with E-state index in [1.165, 1.54) is 11.6 Å². The molecule has 0 bridgehead atoms. The Morgan fingerprint density at radius 1 is 1.21 bits per heavy atom. The second kappa shape index (κ2) is 9.52. The molecule has 1 fully saturated rings. The van der Waals surface area contributed by atoms with Crippen molar-refractivity contribution in [3.63, 3.8) is 0 Å². The lowest BCUT2D eigenvalue weighted by atomic mass is 10.0. The number of methoxy groups -OCH3 is 1. The number of hydrogen-bond acceptors (Lipinski definition) is 5. The Kier molecular flexibility index (Phi) is 6.82. The van der Waals surface area contributed by atoms with E-state index in [4.69, 9.17) is 4.74 Å². The predicted octanol–water partition coefficient (Wildman–Crippen LogP) is 4.47. The first-order chi connectivity index (χ1) is 14.0. The Balaban J connectivity index is 1.74. The van der Waals surface area contributed by atoms with Crippen molar-refractivity contribution in [2.75, 3.05) is 25.5 Å². The van der Waals surface area contributed by atoms with E-state index in [0.717, 1.165) is 38.0 Å². The van der Waals surface area contributed by atoms with Crippen LogP contribution in [0.15, 0.2) is 42.5 Å². The standard InChI is InChI=1S/C22H27N3O4/c1-16-19(7-6-9-20(16)25(27)28)23-22(26)15-24-14-5-3-4-8-21(24)17-10-12-18(29-2)13-11-17/h6-7,9-13,21H,3-5,8,14-15H2,1-2H3,(H,23,26). The number of likely N-dealkylation sites (tertiary alicyclic amines) is 1. The number of anilines is 1. The van der Waals surface area contributed by atoms with Crippen LogP contribution in [0.5, 0.6) is 5.75 Å². The van der Waals surface area contributed by atoms with Gasteiger partial charge in [-0.25, -0.2) is 0 Å². The molecule has 29 heavy (non-hydrogen) atoms. The molecular formula is C22H27N3O4. The molecule has 2 aromatic rings. The van der Waals surface area contributed by atoms with Gasteiger partial charge in [-0.15, -0.1) is 0 Å². The highest BCUT2D eigenvalue weighted by Gasteiger charge is 2.25. The van der Waals surface area contributed by atoms with Crippen LogP contribution in [-0.2, 0) is 4.79 Å². The highest BCUT2D eigenvalue weighted by Crippen LogP contribution is 2.31. The van der Waals surface area contributed by atoms with E-state index in [2.05, 4.69) is 22.3 Å². The van der Waals surface area contributed by atoms with Gasteiger partial charge in [-0.2, -0.15) is 0 Å². The molecule has 1 amide bonds. The third-order valence-corrected chi connectivity index (χ3v) is 5.49. The maximum absolute atomic E-state index is 12.8. The number of nitro benzene ring substituents is 1. The maximum Gasteiger partial charge on any atom is 0.274 e. The summed E-state index contributed by atoms with van der Waals surface area (Å²) in [7, 11) is 1.65. The van der Waals surface area contributed by atoms with Gasteiger partial charge in [-0.3, -0.25) is 19.8 Å². The highest BCUT2D eigenvalue weighted by molar-refractivity contribution is 5.93. The second-order valence-corrected chi connectivity index (χ2v) is 7.36. The lowest BCUT2D eigenvalue weighted by molar-refractivity contribution is -0.385. The molecule has 7 heteroatoms. The zero-order valence-electron chi connectivity index (χ0n) is 16.9. The van der Waals surface area contributed by atoms with Gasteiger partial charge < -0.3 is 10.1 Å². The molecule has 1 aliphatic rings. The van der Waals surface area contributed by atoms with Gasteiger partial charge >= 0.3 is 0 Å². The first kappa shape index (κ1) is 20.8. The Morgan fingerprint density at radius 2 is 1.97 bits per heavy atom. The van der Waals surface area contributed by atoms with Crippen LogP contribution in [0.3, 0.4) is 0 Å². The van der Waals surface area contributed by atoms with Crippen LogP contribution in [0.1, 0.15) is 42.9 Å². The molecule has 3 rings (SSSR count). The van der Waals surface area contributed by atoms with Crippen LogP contribution in [0.4, 0.5) is 11.4 Å². The van der Waals surface area contributed by atoms with E-state index in [0.29, 0.717) is 11.3 Å². The number of carbonyl (C=O) groups is 1. The molecule has 7 nitrogen and oxygen atoms in total. The number of nitrogens with zero attached hydrogens (tertiary/aromatic N) is 2. The largest absolute Gasteiger partial charge is 0.497 e. The summed E-state index contributed by atoms with van der Waals surface area (Å²) in [5, 5.41) is 14.0. The summed E-state index contributed by atoms with van der Waals surface area (Å²) in [6, 6.07) is 12.9. The van der Waals surface area contributed by atoms with E-state index in [9.17, 15) is 14.9 Å². The number of hydrogen-bond donors (Lipinski definition) is 1. The smallest absolute Gasteiger partial charge is 0.274 e. The van der Waals surface area contributed by atoms with Gasteiger partial charge in [0.25, 0.3) is 5.69 Å². The van der Waals surface area contributed by atoms with Gasteiger partial charge in [0, 0.05) is 12.1 Å². The van der Waals surface area contributed by atoms with Crippen molar-refractivity contribution in [1.29, 1.82) is 0 Å². The molecule has 1 unspecified atom stereocenters. The quantitative estimate of drug-likeness (QED) is 0.574.